The Bertz CT molecular complexity index is 510. The van der Waals surface area contributed by atoms with Gasteiger partial charge in [0, 0.05) is 11.8 Å². The molecule has 6 heteroatoms. The van der Waals surface area contributed by atoms with Crippen LogP contribution in [0.5, 0.6) is 0 Å². The molecule has 6 nitrogen and oxygen atoms in total. The molecule has 2 heterocycles. The van der Waals surface area contributed by atoms with Gasteiger partial charge < -0.3 is 5.73 Å². The molecule has 2 aromatic heterocycles. The number of hydrogen-bond donors (Lipinski definition) is 2. The highest BCUT2D eigenvalue weighted by atomic mass is 16.2. The van der Waals surface area contributed by atoms with Crippen molar-refractivity contribution in [1.29, 1.82) is 0 Å². The van der Waals surface area contributed by atoms with Crippen molar-refractivity contribution in [2.75, 3.05) is 5.73 Å². The Morgan fingerprint density at radius 2 is 2.20 bits per heavy atom. The van der Waals surface area contributed by atoms with E-state index >= 15 is 0 Å². The molecule has 78 valence electrons. The predicted octanol–water partition coefficient (Wildman–Crippen LogP) is 0.494. The average molecular weight is 205 g/mol. The lowest BCUT2D eigenvalue weighted by molar-refractivity contribution is 0.0942. The lowest BCUT2D eigenvalue weighted by Gasteiger charge is -1.98. The van der Waals surface area contributed by atoms with Crippen LogP contribution in [0.25, 0.3) is 0 Å². The zero-order chi connectivity index (χ0) is 11.0. The summed E-state index contributed by atoms with van der Waals surface area (Å²) in [6, 6.07) is 3.29. The van der Waals surface area contributed by atoms with E-state index in [2.05, 4.69) is 15.3 Å². The highest BCUT2D eigenvalue weighted by Gasteiger charge is 2.15. The van der Waals surface area contributed by atoms with Gasteiger partial charge in [-0.15, -0.1) is 0 Å². The largest absolute Gasteiger partial charge is 0.383 e. The molecule has 0 unspecified atom stereocenters. The number of rotatable bonds is 1. The smallest absolute Gasteiger partial charge is 0.300 e. The summed E-state index contributed by atoms with van der Waals surface area (Å²) < 4.78 is 1.14. The summed E-state index contributed by atoms with van der Waals surface area (Å²) in [5.74, 6) is -0.0110. The van der Waals surface area contributed by atoms with Crippen LogP contribution < -0.4 is 5.73 Å². The molecule has 0 saturated carbocycles. The van der Waals surface area contributed by atoms with Gasteiger partial charge in [-0.1, -0.05) is 0 Å². The summed E-state index contributed by atoms with van der Waals surface area (Å²) in [6.07, 6.45) is 0. The van der Waals surface area contributed by atoms with Crippen LogP contribution >= 0.6 is 0 Å². The van der Waals surface area contributed by atoms with Crippen LogP contribution in [-0.2, 0) is 0 Å². The lowest BCUT2D eigenvalue weighted by atomic mass is 10.3. The zero-order valence-corrected chi connectivity index (χ0v) is 8.48. The molecule has 0 spiro atoms. The van der Waals surface area contributed by atoms with Gasteiger partial charge in [0.15, 0.2) is 5.69 Å². The molecular weight excluding hydrogens is 194 g/mol. The second-order valence-corrected chi connectivity index (χ2v) is 3.36. The number of nitrogens with zero attached hydrogens (tertiary/aromatic N) is 3. The molecule has 0 saturated heterocycles. The van der Waals surface area contributed by atoms with Crippen LogP contribution in [0.1, 0.15) is 21.9 Å². The minimum absolute atomic E-state index is 0.308. The Morgan fingerprint density at radius 3 is 2.67 bits per heavy atom. The number of nitrogens with two attached hydrogens (primary N) is 1. The van der Waals surface area contributed by atoms with Crippen molar-refractivity contribution in [3.05, 3.63) is 29.2 Å². The van der Waals surface area contributed by atoms with Crippen molar-refractivity contribution in [3.63, 3.8) is 0 Å². The third kappa shape index (κ3) is 1.61. The van der Waals surface area contributed by atoms with Crippen molar-refractivity contribution in [2.45, 2.75) is 13.8 Å². The molecular formula is C9H11N5O. The summed E-state index contributed by atoms with van der Waals surface area (Å²) in [4.78, 5) is 11.8. The molecule has 0 amide bonds. The first kappa shape index (κ1) is 9.45. The quantitative estimate of drug-likeness (QED) is 0.709. The second-order valence-electron chi connectivity index (χ2n) is 3.36. The Balaban J connectivity index is 2.40. The van der Waals surface area contributed by atoms with Crippen LogP contribution in [0.15, 0.2) is 12.1 Å². The fraction of sp³-hybridized carbons (Fsp3) is 0.222. The topological polar surface area (TPSA) is 89.6 Å². The Labute approximate surface area is 86.1 Å². The molecule has 0 aliphatic carbocycles. The molecule has 2 rings (SSSR count). The van der Waals surface area contributed by atoms with Gasteiger partial charge in [-0.25, -0.2) is 0 Å². The standard InChI is InChI=1S/C9H11N5O/c1-5-3-7(12-11-5)9(15)14-8(10)4-6(2)13-14/h3-4H,10H2,1-2H3,(H,11,12). The molecule has 2 aromatic rings. The van der Waals surface area contributed by atoms with Crippen molar-refractivity contribution in [3.8, 4) is 0 Å². The molecule has 0 aliphatic rings. The molecule has 0 atom stereocenters. The van der Waals surface area contributed by atoms with Crippen molar-refractivity contribution >= 4 is 11.7 Å². The van der Waals surface area contributed by atoms with E-state index in [0.29, 0.717) is 17.2 Å². The van der Waals surface area contributed by atoms with Gasteiger partial charge in [0.2, 0.25) is 0 Å². The van der Waals surface area contributed by atoms with Crippen molar-refractivity contribution in [1.82, 2.24) is 20.0 Å². The van der Waals surface area contributed by atoms with Crippen LogP contribution in [0, 0.1) is 13.8 Å². The minimum atomic E-state index is -0.329. The molecule has 0 aliphatic heterocycles. The van der Waals surface area contributed by atoms with Crippen LogP contribution in [0.4, 0.5) is 5.82 Å². The summed E-state index contributed by atoms with van der Waals surface area (Å²) in [5, 5.41) is 10.5. The van der Waals surface area contributed by atoms with Gasteiger partial charge in [-0.3, -0.25) is 9.89 Å². The van der Waals surface area contributed by atoms with Gasteiger partial charge >= 0.3 is 5.91 Å². The molecule has 3 N–H and O–H groups in total. The zero-order valence-electron chi connectivity index (χ0n) is 8.48. The van der Waals surface area contributed by atoms with Gasteiger partial charge in [-0.2, -0.15) is 14.9 Å². The van der Waals surface area contributed by atoms with Crippen molar-refractivity contribution < 1.29 is 4.79 Å². The molecule has 0 aromatic carbocycles. The SMILES string of the molecule is Cc1cc(N)n(C(=O)c2cc(C)[nH]n2)n1. The summed E-state index contributed by atoms with van der Waals surface area (Å²) in [7, 11) is 0. The highest BCUT2D eigenvalue weighted by molar-refractivity contribution is 5.95. The number of nitrogens with one attached hydrogen (secondary N) is 1. The first-order valence-corrected chi connectivity index (χ1v) is 4.47. The van der Waals surface area contributed by atoms with Gasteiger partial charge in [0.25, 0.3) is 0 Å². The van der Waals surface area contributed by atoms with E-state index < -0.39 is 0 Å². The number of H-pyrrole nitrogens is 1. The fourth-order valence-electron chi connectivity index (χ4n) is 1.32. The van der Waals surface area contributed by atoms with Crippen LogP contribution in [-0.4, -0.2) is 25.9 Å². The van der Waals surface area contributed by atoms with E-state index in [1.54, 1.807) is 19.1 Å². The number of aromatic nitrogens is 4. The monoisotopic (exact) mass is 205 g/mol. The van der Waals surface area contributed by atoms with E-state index in [0.717, 1.165) is 10.4 Å². The molecule has 0 fully saturated rings. The third-order valence-electron chi connectivity index (χ3n) is 1.98. The van der Waals surface area contributed by atoms with Crippen LogP contribution in [0.2, 0.25) is 0 Å². The van der Waals surface area contributed by atoms with Crippen molar-refractivity contribution in [2.24, 2.45) is 0 Å². The van der Waals surface area contributed by atoms with Crippen LogP contribution in [0.3, 0.4) is 0 Å². The fourth-order valence-corrected chi connectivity index (χ4v) is 1.32. The normalized spacial score (nSPS) is 10.5. The number of carbonyl (C=O) groups excluding carboxylic acids is 1. The third-order valence-corrected chi connectivity index (χ3v) is 1.98. The van der Waals surface area contributed by atoms with E-state index in [-0.39, 0.29) is 5.91 Å². The maximum atomic E-state index is 11.8. The predicted molar refractivity (Wildman–Crippen MR) is 54.4 cm³/mol. The number of carbonyl (C=O) groups is 1. The summed E-state index contributed by atoms with van der Waals surface area (Å²) in [5.41, 5.74) is 7.46. The maximum Gasteiger partial charge on any atom is 0.300 e. The Kier molecular flexibility index (Phi) is 2.03. The van der Waals surface area contributed by atoms with Gasteiger partial charge in [0.1, 0.15) is 5.82 Å². The minimum Gasteiger partial charge on any atom is -0.383 e. The number of hydrogen-bond acceptors (Lipinski definition) is 4. The van der Waals surface area contributed by atoms with E-state index in [1.165, 1.54) is 0 Å². The Hall–Kier alpha value is -2.11. The second kappa shape index (κ2) is 3.23. The first-order valence-electron chi connectivity index (χ1n) is 4.47. The molecule has 15 heavy (non-hydrogen) atoms. The number of aryl methyl sites for hydroxylation is 2. The number of anilines is 1. The summed E-state index contributed by atoms with van der Waals surface area (Å²) in [6.45, 7) is 3.59. The highest BCUT2D eigenvalue weighted by Crippen LogP contribution is 2.08. The van der Waals surface area contributed by atoms with Gasteiger partial charge in [0.05, 0.1) is 5.69 Å². The molecule has 0 radical (unpaired) electrons. The van der Waals surface area contributed by atoms with E-state index in [9.17, 15) is 4.79 Å². The number of nitrogen functional groups attached to an aromatic ring is 1. The maximum absolute atomic E-state index is 11.8. The Morgan fingerprint density at radius 1 is 1.47 bits per heavy atom. The van der Waals surface area contributed by atoms with Gasteiger partial charge in [-0.05, 0) is 19.9 Å². The average Bonchev–Trinajstić information content (AvgIpc) is 2.71. The molecule has 0 bridgehead atoms. The first-order chi connectivity index (χ1) is 7.08. The number of aromatic amines is 1. The van der Waals surface area contributed by atoms with E-state index in [1.807, 2.05) is 6.92 Å². The summed E-state index contributed by atoms with van der Waals surface area (Å²) >= 11 is 0. The lowest BCUT2D eigenvalue weighted by Crippen LogP contribution is -2.16. The van der Waals surface area contributed by atoms with E-state index in [4.69, 9.17) is 5.73 Å².